The molecular formula is C13H8N2OS. The first-order valence-electron chi connectivity index (χ1n) is 4.93. The molecule has 1 heterocycles. The van der Waals surface area contributed by atoms with Crippen molar-refractivity contribution in [1.29, 1.82) is 5.26 Å². The fourth-order valence-electron chi connectivity index (χ4n) is 1.24. The fourth-order valence-corrected chi connectivity index (χ4v) is 1.46. The van der Waals surface area contributed by atoms with Gasteiger partial charge in [-0.1, -0.05) is 6.07 Å². The minimum atomic E-state index is 0.341. The van der Waals surface area contributed by atoms with Crippen molar-refractivity contribution in [3.05, 3.63) is 59.8 Å². The molecule has 0 fully saturated rings. The molecule has 3 nitrogen and oxygen atoms in total. The Kier molecular flexibility index (Phi) is 3.43. The van der Waals surface area contributed by atoms with Gasteiger partial charge in [-0.3, -0.25) is 0 Å². The third-order valence-electron chi connectivity index (χ3n) is 2.08. The van der Waals surface area contributed by atoms with Crippen LogP contribution in [0.25, 0.3) is 0 Å². The minimum Gasteiger partial charge on any atom is -0.427 e. The molecule has 0 aliphatic heterocycles. The molecule has 17 heavy (non-hydrogen) atoms. The van der Waals surface area contributed by atoms with E-state index in [1.54, 1.807) is 42.6 Å². The summed E-state index contributed by atoms with van der Waals surface area (Å²) in [5.41, 5.74) is 1.35. The predicted octanol–water partition coefficient (Wildman–Crippen LogP) is 2.71. The lowest BCUT2D eigenvalue weighted by atomic mass is 10.1. The maximum Gasteiger partial charge on any atom is 0.220 e. The van der Waals surface area contributed by atoms with Gasteiger partial charge in [-0.05, 0) is 42.5 Å². The largest absolute Gasteiger partial charge is 0.427 e. The third kappa shape index (κ3) is 2.86. The molecule has 1 aromatic carbocycles. The Morgan fingerprint density at radius 2 is 1.94 bits per heavy atom. The summed E-state index contributed by atoms with van der Waals surface area (Å²) in [4.78, 5) is 4.02. The van der Waals surface area contributed by atoms with Crippen molar-refractivity contribution < 1.29 is 4.74 Å². The molecule has 0 N–H and O–H groups in total. The summed E-state index contributed by atoms with van der Waals surface area (Å²) in [5, 5.41) is 9.02. The molecule has 82 valence electrons. The van der Waals surface area contributed by atoms with Gasteiger partial charge in [0.25, 0.3) is 0 Å². The lowest BCUT2D eigenvalue weighted by Crippen LogP contribution is -2.07. The average Bonchev–Trinajstić information content (AvgIpc) is 2.40. The number of ether oxygens (including phenoxy) is 1. The molecule has 0 saturated heterocycles. The van der Waals surface area contributed by atoms with Crippen LogP contribution < -0.4 is 4.74 Å². The zero-order chi connectivity index (χ0) is 12.1. The summed E-state index contributed by atoms with van der Waals surface area (Å²) >= 11 is 5.14. The summed E-state index contributed by atoms with van der Waals surface area (Å²) in [7, 11) is 0. The Morgan fingerprint density at radius 3 is 2.53 bits per heavy atom. The van der Waals surface area contributed by atoms with Gasteiger partial charge < -0.3 is 4.74 Å². The van der Waals surface area contributed by atoms with Crippen LogP contribution in [-0.4, -0.2) is 10.0 Å². The molecule has 0 spiro atoms. The van der Waals surface area contributed by atoms with Gasteiger partial charge in [0.2, 0.25) is 5.88 Å². The Balaban J connectivity index is 2.13. The van der Waals surface area contributed by atoms with Crippen molar-refractivity contribution in [3.63, 3.8) is 0 Å². The summed E-state index contributed by atoms with van der Waals surface area (Å²) in [5.74, 6) is 0.460. The van der Waals surface area contributed by atoms with Crippen LogP contribution in [0.5, 0.6) is 5.88 Å². The maximum atomic E-state index is 8.68. The topological polar surface area (TPSA) is 45.9 Å². The van der Waals surface area contributed by atoms with Crippen molar-refractivity contribution in [1.82, 2.24) is 4.98 Å². The normalized spacial score (nSPS) is 9.35. The molecule has 2 rings (SSSR count). The van der Waals surface area contributed by atoms with Crippen LogP contribution in [0.15, 0.2) is 48.7 Å². The summed E-state index contributed by atoms with van der Waals surface area (Å²) in [6, 6.07) is 14.3. The molecule has 1 aromatic heterocycles. The Morgan fingerprint density at radius 1 is 1.18 bits per heavy atom. The summed E-state index contributed by atoms with van der Waals surface area (Å²) < 4.78 is 5.41. The molecule has 0 amide bonds. The second-order valence-corrected chi connectivity index (χ2v) is 3.62. The van der Waals surface area contributed by atoms with Gasteiger partial charge in [0.1, 0.15) is 0 Å². The van der Waals surface area contributed by atoms with Crippen LogP contribution in [0.1, 0.15) is 11.1 Å². The van der Waals surface area contributed by atoms with Crippen LogP contribution in [0.3, 0.4) is 0 Å². The highest BCUT2D eigenvalue weighted by molar-refractivity contribution is 7.80. The molecule has 0 unspecified atom stereocenters. The number of rotatable bonds is 2. The van der Waals surface area contributed by atoms with E-state index in [4.69, 9.17) is 22.2 Å². The second-order valence-electron chi connectivity index (χ2n) is 3.25. The van der Waals surface area contributed by atoms with Crippen molar-refractivity contribution in [2.75, 3.05) is 0 Å². The number of thiocarbonyl (C=S) groups is 1. The van der Waals surface area contributed by atoms with E-state index in [0.29, 0.717) is 16.5 Å². The molecule has 4 heteroatoms. The zero-order valence-corrected chi connectivity index (χ0v) is 9.65. The van der Waals surface area contributed by atoms with Gasteiger partial charge in [-0.15, -0.1) is 0 Å². The molecule has 0 aliphatic rings. The first-order valence-corrected chi connectivity index (χ1v) is 5.34. The number of nitriles is 1. The number of hydrogen-bond acceptors (Lipinski definition) is 4. The van der Waals surface area contributed by atoms with Crippen LogP contribution >= 0.6 is 12.2 Å². The van der Waals surface area contributed by atoms with E-state index in [0.717, 1.165) is 5.56 Å². The number of aromatic nitrogens is 1. The third-order valence-corrected chi connectivity index (χ3v) is 2.40. The lowest BCUT2D eigenvalue weighted by Gasteiger charge is -2.05. The summed E-state index contributed by atoms with van der Waals surface area (Å²) in [6.07, 6.45) is 1.64. The Hall–Kier alpha value is -2.25. The van der Waals surface area contributed by atoms with E-state index in [1.165, 1.54) is 0 Å². The lowest BCUT2D eigenvalue weighted by molar-refractivity contribution is 0.542. The number of benzene rings is 1. The molecular weight excluding hydrogens is 232 g/mol. The summed E-state index contributed by atoms with van der Waals surface area (Å²) in [6.45, 7) is 0. The van der Waals surface area contributed by atoms with Gasteiger partial charge in [0, 0.05) is 17.8 Å². The number of nitrogens with zero attached hydrogens (tertiary/aromatic N) is 2. The Bertz CT molecular complexity index is 558. The van der Waals surface area contributed by atoms with Gasteiger partial charge in [-0.2, -0.15) is 5.26 Å². The number of pyridine rings is 1. The van der Waals surface area contributed by atoms with E-state index < -0.39 is 0 Å². The SMILES string of the molecule is N#Cc1ccc(C(=S)Oc2ccccn2)cc1. The molecule has 0 aliphatic carbocycles. The van der Waals surface area contributed by atoms with E-state index in [-0.39, 0.29) is 0 Å². The standard InChI is InChI=1S/C13H8N2OS/c14-9-10-4-6-11(7-5-10)13(17)16-12-3-1-2-8-15-12/h1-8H. The highest BCUT2D eigenvalue weighted by Gasteiger charge is 2.04. The molecule has 0 saturated carbocycles. The van der Waals surface area contributed by atoms with Crippen LogP contribution in [0.2, 0.25) is 0 Å². The van der Waals surface area contributed by atoms with Crippen molar-refractivity contribution in [3.8, 4) is 11.9 Å². The molecule has 0 atom stereocenters. The predicted molar refractivity (Wildman–Crippen MR) is 67.7 cm³/mol. The van der Waals surface area contributed by atoms with Crippen LogP contribution in [0, 0.1) is 11.3 Å². The molecule has 0 radical (unpaired) electrons. The zero-order valence-electron chi connectivity index (χ0n) is 8.83. The van der Waals surface area contributed by atoms with Crippen molar-refractivity contribution in [2.24, 2.45) is 0 Å². The fraction of sp³-hybridized carbons (Fsp3) is 0. The van der Waals surface area contributed by atoms with Crippen LogP contribution in [0.4, 0.5) is 0 Å². The average molecular weight is 240 g/mol. The van der Waals surface area contributed by atoms with E-state index >= 15 is 0 Å². The maximum absolute atomic E-state index is 8.68. The molecule has 0 bridgehead atoms. The van der Waals surface area contributed by atoms with Gasteiger partial charge in [0.05, 0.1) is 11.6 Å². The smallest absolute Gasteiger partial charge is 0.220 e. The van der Waals surface area contributed by atoms with E-state index in [2.05, 4.69) is 4.98 Å². The van der Waals surface area contributed by atoms with Gasteiger partial charge >= 0.3 is 0 Å². The van der Waals surface area contributed by atoms with Crippen LogP contribution in [-0.2, 0) is 0 Å². The quantitative estimate of drug-likeness (QED) is 0.757. The monoisotopic (exact) mass is 240 g/mol. The van der Waals surface area contributed by atoms with E-state index in [1.807, 2.05) is 12.1 Å². The Labute approximate surface area is 104 Å². The van der Waals surface area contributed by atoms with Crippen molar-refractivity contribution >= 4 is 17.3 Å². The first kappa shape index (κ1) is 11.2. The highest BCUT2D eigenvalue weighted by Crippen LogP contribution is 2.10. The van der Waals surface area contributed by atoms with Gasteiger partial charge in [-0.25, -0.2) is 4.98 Å². The highest BCUT2D eigenvalue weighted by atomic mass is 32.1. The number of hydrogen-bond donors (Lipinski definition) is 0. The first-order chi connectivity index (χ1) is 8.29. The second kappa shape index (κ2) is 5.19. The molecule has 2 aromatic rings. The van der Waals surface area contributed by atoms with Crippen molar-refractivity contribution in [2.45, 2.75) is 0 Å². The van der Waals surface area contributed by atoms with E-state index in [9.17, 15) is 0 Å². The minimum absolute atomic E-state index is 0.341. The van der Waals surface area contributed by atoms with Gasteiger partial charge in [0.15, 0.2) is 5.05 Å².